The number of amides is 2. The largest absolute Gasteiger partial charge is 0.363 e. The molecule has 0 spiro atoms. The number of piperazine rings is 1. The van der Waals surface area contributed by atoms with Crippen molar-refractivity contribution in [1.29, 1.82) is 0 Å². The van der Waals surface area contributed by atoms with Crippen LogP contribution < -0.4 is 10.2 Å². The van der Waals surface area contributed by atoms with Gasteiger partial charge in [0.1, 0.15) is 5.69 Å². The number of hydrogen-bond acceptors (Lipinski definition) is 6. The molecule has 1 heterocycles. The molecule has 176 valence electrons. The Kier molecular flexibility index (Phi) is 7.33. The molecule has 0 atom stereocenters. The lowest BCUT2D eigenvalue weighted by Crippen LogP contribution is -2.44. The summed E-state index contributed by atoms with van der Waals surface area (Å²) < 4.78 is 0. The average Bonchev–Trinajstić information content (AvgIpc) is 2.75. The summed E-state index contributed by atoms with van der Waals surface area (Å²) in [6.45, 7) is 8.67. The second kappa shape index (κ2) is 9.99. The summed E-state index contributed by atoms with van der Waals surface area (Å²) in [4.78, 5) is 42.2. The smallest absolute Gasteiger partial charge is 0.293 e. The van der Waals surface area contributed by atoms with E-state index in [4.69, 9.17) is 0 Å². The van der Waals surface area contributed by atoms with Crippen LogP contribution in [0, 0.1) is 30.9 Å². The summed E-state index contributed by atoms with van der Waals surface area (Å²) in [6.07, 6.45) is 0. The zero-order chi connectivity index (χ0) is 24.3. The van der Waals surface area contributed by atoms with Gasteiger partial charge in [0.15, 0.2) is 0 Å². The Hall–Kier alpha value is -3.46. The fourth-order valence-corrected chi connectivity index (χ4v) is 4.18. The standard InChI is InChI=1S/C24H31N5O4/c1-16-12-17(2)23(18(3)13-16)25-22(30)15-27(5)24(31)19-6-7-20(21(14-19)29(32)33)28-10-8-26(4)9-11-28/h6-7,12-14H,8-11,15H2,1-5H3,(H,25,30). The molecule has 0 radical (unpaired) electrons. The number of likely N-dealkylation sites (N-methyl/N-ethyl adjacent to an activating group) is 2. The van der Waals surface area contributed by atoms with Crippen molar-refractivity contribution in [2.24, 2.45) is 0 Å². The zero-order valence-corrected chi connectivity index (χ0v) is 19.8. The van der Waals surface area contributed by atoms with Gasteiger partial charge in [0, 0.05) is 50.5 Å². The molecule has 0 aliphatic carbocycles. The molecule has 0 saturated carbocycles. The van der Waals surface area contributed by atoms with Crippen molar-refractivity contribution in [3.8, 4) is 0 Å². The van der Waals surface area contributed by atoms with E-state index in [1.807, 2.05) is 44.9 Å². The normalized spacial score (nSPS) is 14.2. The fraction of sp³-hybridized carbons (Fsp3) is 0.417. The van der Waals surface area contributed by atoms with Crippen molar-refractivity contribution in [2.75, 3.05) is 57.0 Å². The quantitative estimate of drug-likeness (QED) is 0.533. The van der Waals surface area contributed by atoms with Gasteiger partial charge >= 0.3 is 0 Å². The highest BCUT2D eigenvalue weighted by Gasteiger charge is 2.25. The van der Waals surface area contributed by atoms with Crippen molar-refractivity contribution in [3.05, 3.63) is 62.7 Å². The molecular formula is C24H31N5O4. The minimum absolute atomic E-state index is 0.103. The summed E-state index contributed by atoms with van der Waals surface area (Å²) >= 11 is 0. The predicted octanol–water partition coefficient (Wildman–Crippen LogP) is 2.98. The maximum Gasteiger partial charge on any atom is 0.293 e. The minimum Gasteiger partial charge on any atom is -0.363 e. The first kappa shape index (κ1) is 24.2. The SMILES string of the molecule is Cc1cc(C)c(NC(=O)CN(C)C(=O)c2ccc(N3CCN(C)CC3)c([N+](=O)[O-])c2)c(C)c1. The van der Waals surface area contributed by atoms with Gasteiger partial charge in [-0.05, 0) is 51.1 Å². The van der Waals surface area contributed by atoms with Gasteiger partial charge in [0.2, 0.25) is 5.91 Å². The summed E-state index contributed by atoms with van der Waals surface area (Å²) in [5.74, 6) is -0.778. The summed E-state index contributed by atoms with van der Waals surface area (Å²) in [7, 11) is 3.53. The van der Waals surface area contributed by atoms with E-state index >= 15 is 0 Å². The Bertz CT molecular complexity index is 1050. The van der Waals surface area contributed by atoms with Crippen molar-refractivity contribution in [1.82, 2.24) is 9.80 Å². The third kappa shape index (κ3) is 5.67. The van der Waals surface area contributed by atoms with Crippen molar-refractivity contribution in [3.63, 3.8) is 0 Å². The van der Waals surface area contributed by atoms with E-state index in [1.54, 1.807) is 12.1 Å². The molecule has 1 saturated heterocycles. The molecule has 1 aliphatic heterocycles. The third-order valence-corrected chi connectivity index (χ3v) is 5.93. The van der Waals surface area contributed by atoms with Gasteiger partial charge in [-0.15, -0.1) is 0 Å². The number of hydrogen-bond donors (Lipinski definition) is 1. The number of carbonyl (C=O) groups excluding carboxylic acids is 2. The average molecular weight is 454 g/mol. The van der Waals surface area contributed by atoms with E-state index in [-0.39, 0.29) is 23.7 Å². The van der Waals surface area contributed by atoms with Crippen LogP contribution >= 0.6 is 0 Å². The monoisotopic (exact) mass is 453 g/mol. The van der Waals surface area contributed by atoms with Gasteiger partial charge < -0.3 is 20.0 Å². The molecule has 0 unspecified atom stereocenters. The third-order valence-electron chi connectivity index (χ3n) is 5.93. The number of nitro benzene ring substituents is 1. The molecule has 1 fully saturated rings. The van der Waals surface area contributed by atoms with Crippen LogP contribution in [0.25, 0.3) is 0 Å². The molecule has 1 N–H and O–H groups in total. The van der Waals surface area contributed by atoms with Crippen LogP contribution in [0.2, 0.25) is 0 Å². The van der Waals surface area contributed by atoms with E-state index < -0.39 is 10.8 Å². The maximum absolute atomic E-state index is 12.9. The molecule has 2 amide bonds. The maximum atomic E-state index is 12.9. The number of benzene rings is 2. The number of carbonyl (C=O) groups is 2. The molecule has 1 aliphatic rings. The Labute approximate surface area is 194 Å². The van der Waals surface area contributed by atoms with E-state index in [9.17, 15) is 19.7 Å². The number of nitro groups is 1. The van der Waals surface area contributed by atoms with E-state index in [1.165, 1.54) is 18.0 Å². The first-order valence-electron chi connectivity index (χ1n) is 10.9. The lowest BCUT2D eigenvalue weighted by molar-refractivity contribution is -0.384. The van der Waals surface area contributed by atoms with Crippen LogP contribution in [-0.4, -0.2) is 73.4 Å². The van der Waals surface area contributed by atoms with Crippen LogP contribution in [-0.2, 0) is 4.79 Å². The topological polar surface area (TPSA) is 99.0 Å². The van der Waals surface area contributed by atoms with Gasteiger partial charge in [-0.1, -0.05) is 17.7 Å². The number of rotatable bonds is 6. The number of nitrogens with zero attached hydrogens (tertiary/aromatic N) is 4. The number of nitrogens with one attached hydrogen (secondary N) is 1. The van der Waals surface area contributed by atoms with Gasteiger partial charge in [-0.3, -0.25) is 19.7 Å². The van der Waals surface area contributed by atoms with E-state index in [0.717, 1.165) is 35.5 Å². The first-order valence-corrected chi connectivity index (χ1v) is 10.9. The number of aryl methyl sites for hydroxylation is 3. The Morgan fingerprint density at radius 1 is 1.06 bits per heavy atom. The van der Waals surface area contributed by atoms with Crippen molar-refractivity contribution >= 4 is 28.9 Å². The van der Waals surface area contributed by atoms with Crippen LogP contribution in [0.15, 0.2) is 30.3 Å². The van der Waals surface area contributed by atoms with Crippen LogP contribution in [0.3, 0.4) is 0 Å². The highest BCUT2D eigenvalue weighted by molar-refractivity contribution is 6.00. The molecule has 2 aromatic rings. The lowest BCUT2D eigenvalue weighted by Gasteiger charge is -2.33. The number of anilines is 2. The highest BCUT2D eigenvalue weighted by Crippen LogP contribution is 2.30. The second-order valence-electron chi connectivity index (χ2n) is 8.73. The highest BCUT2D eigenvalue weighted by atomic mass is 16.6. The first-order chi connectivity index (χ1) is 15.6. The fourth-order valence-electron chi connectivity index (χ4n) is 4.18. The van der Waals surface area contributed by atoms with Crippen molar-refractivity contribution in [2.45, 2.75) is 20.8 Å². The Morgan fingerprint density at radius 3 is 2.24 bits per heavy atom. The Balaban J connectivity index is 1.72. The van der Waals surface area contributed by atoms with Crippen LogP contribution in [0.1, 0.15) is 27.0 Å². The molecule has 0 bridgehead atoms. The molecule has 0 aromatic heterocycles. The van der Waals surface area contributed by atoms with Gasteiger partial charge in [-0.2, -0.15) is 0 Å². The van der Waals surface area contributed by atoms with Crippen molar-refractivity contribution < 1.29 is 14.5 Å². The van der Waals surface area contributed by atoms with Gasteiger partial charge in [0.25, 0.3) is 11.6 Å². The molecule has 3 rings (SSSR count). The minimum atomic E-state index is -0.458. The molecule has 9 heteroatoms. The van der Waals surface area contributed by atoms with E-state index in [2.05, 4.69) is 10.2 Å². The van der Waals surface area contributed by atoms with Gasteiger partial charge in [0.05, 0.1) is 11.5 Å². The molecular weight excluding hydrogens is 422 g/mol. The lowest BCUT2D eigenvalue weighted by atomic mass is 10.1. The van der Waals surface area contributed by atoms with Crippen LogP contribution in [0.5, 0.6) is 0 Å². The molecule has 2 aromatic carbocycles. The molecule has 33 heavy (non-hydrogen) atoms. The second-order valence-corrected chi connectivity index (χ2v) is 8.73. The summed E-state index contributed by atoms with van der Waals surface area (Å²) in [5.41, 5.74) is 4.33. The van der Waals surface area contributed by atoms with Crippen LogP contribution in [0.4, 0.5) is 17.1 Å². The summed E-state index contributed by atoms with van der Waals surface area (Å²) in [6, 6.07) is 8.49. The predicted molar refractivity (Wildman–Crippen MR) is 129 cm³/mol. The summed E-state index contributed by atoms with van der Waals surface area (Å²) in [5, 5.41) is 14.6. The van der Waals surface area contributed by atoms with E-state index in [0.29, 0.717) is 18.8 Å². The van der Waals surface area contributed by atoms with Gasteiger partial charge in [-0.25, -0.2) is 0 Å². The Morgan fingerprint density at radius 2 is 1.67 bits per heavy atom. The zero-order valence-electron chi connectivity index (χ0n) is 19.8. The molecule has 9 nitrogen and oxygen atoms in total.